The first kappa shape index (κ1) is 12.7. The molecule has 0 amide bonds. The molecule has 0 bridgehead atoms. The molecule has 22 heavy (non-hydrogen) atoms. The average molecular weight is 297 g/mol. The fourth-order valence-electron chi connectivity index (χ4n) is 2.50. The van der Waals surface area contributed by atoms with Gasteiger partial charge in [-0.15, -0.1) is 0 Å². The van der Waals surface area contributed by atoms with Gasteiger partial charge in [0.2, 0.25) is 5.95 Å². The Kier molecular flexibility index (Phi) is 2.59. The van der Waals surface area contributed by atoms with Gasteiger partial charge in [-0.1, -0.05) is 12.1 Å². The summed E-state index contributed by atoms with van der Waals surface area (Å²) in [6.45, 7) is 0. The fourth-order valence-corrected chi connectivity index (χ4v) is 2.50. The molecular weight excluding hydrogens is 288 g/mol. The lowest BCUT2D eigenvalue weighted by Crippen LogP contribution is -2.18. The van der Waals surface area contributed by atoms with E-state index in [9.17, 15) is 13.6 Å². The van der Waals surface area contributed by atoms with Crippen LogP contribution in [0.25, 0.3) is 27.9 Å². The summed E-state index contributed by atoms with van der Waals surface area (Å²) in [5.41, 5.74) is 1.32. The third-order valence-electron chi connectivity index (χ3n) is 3.53. The lowest BCUT2D eigenvalue weighted by atomic mass is 10.2. The highest BCUT2D eigenvalue weighted by Crippen LogP contribution is 2.20. The van der Waals surface area contributed by atoms with Crippen LogP contribution in [0.1, 0.15) is 0 Å². The van der Waals surface area contributed by atoms with E-state index in [1.54, 1.807) is 6.07 Å². The van der Waals surface area contributed by atoms with E-state index >= 15 is 0 Å². The Morgan fingerprint density at radius 2 is 1.77 bits per heavy atom. The van der Waals surface area contributed by atoms with E-state index in [1.165, 1.54) is 16.7 Å². The molecular formula is C16H9F2N3O. The highest BCUT2D eigenvalue weighted by Gasteiger charge is 2.12. The van der Waals surface area contributed by atoms with Crippen LogP contribution in [-0.2, 0) is 0 Å². The minimum atomic E-state index is -1.01. The Labute approximate surface area is 122 Å². The van der Waals surface area contributed by atoms with Crippen molar-refractivity contribution in [3.8, 4) is 5.95 Å². The predicted octanol–water partition coefficient (Wildman–Crippen LogP) is 3.15. The van der Waals surface area contributed by atoms with Crippen molar-refractivity contribution < 1.29 is 8.78 Å². The maximum absolute atomic E-state index is 13.6. The van der Waals surface area contributed by atoms with Crippen LogP contribution >= 0.6 is 0 Å². The molecule has 2 aromatic heterocycles. The molecule has 0 unspecified atom stereocenters. The SMILES string of the molecule is O=c1ccc2cc(F)c(F)cc2n1-c1nc2ccccc2[nH]1. The first-order valence-corrected chi connectivity index (χ1v) is 6.59. The first-order valence-electron chi connectivity index (χ1n) is 6.59. The number of aromatic amines is 1. The van der Waals surface area contributed by atoms with Crippen LogP contribution in [0.3, 0.4) is 0 Å². The number of aromatic nitrogens is 3. The van der Waals surface area contributed by atoms with Crippen molar-refractivity contribution in [3.63, 3.8) is 0 Å². The number of fused-ring (bicyclic) bond motifs is 2. The molecule has 108 valence electrons. The number of H-pyrrole nitrogens is 1. The number of nitrogens with zero attached hydrogens (tertiary/aromatic N) is 2. The summed E-state index contributed by atoms with van der Waals surface area (Å²) in [4.78, 5) is 19.5. The smallest absolute Gasteiger partial charge is 0.257 e. The van der Waals surface area contributed by atoms with Gasteiger partial charge in [0.25, 0.3) is 5.56 Å². The number of para-hydroxylation sites is 2. The maximum atomic E-state index is 13.6. The van der Waals surface area contributed by atoms with E-state index in [0.29, 0.717) is 10.9 Å². The highest BCUT2D eigenvalue weighted by molar-refractivity contribution is 5.82. The van der Waals surface area contributed by atoms with Crippen molar-refractivity contribution in [1.29, 1.82) is 0 Å². The summed E-state index contributed by atoms with van der Waals surface area (Å²) in [6.07, 6.45) is 0. The largest absolute Gasteiger partial charge is 0.323 e. The molecule has 0 spiro atoms. The number of nitrogens with one attached hydrogen (secondary N) is 1. The van der Waals surface area contributed by atoms with Crippen molar-refractivity contribution in [3.05, 3.63) is 70.5 Å². The van der Waals surface area contributed by atoms with Gasteiger partial charge in [0.05, 0.1) is 16.6 Å². The summed E-state index contributed by atoms with van der Waals surface area (Å²) < 4.78 is 28.2. The van der Waals surface area contributed by atoms with Gasteiger partial charge >= 0.3 is 0 Å². The Morgan fingerprint density at radius 1 is 1.00 bits per heavy atom. The highest BCUT2D eigenvalue weighted by atomic mass is 19.2. The van der Waals surface area contributed by atoms with Gasteiger partial charge in [0.15, 0.2) is 11.6 Å². The number of halogens is 2. The Bertz CT molecular complexity index is 1050. The number of hydrogen-bond donors (Lipinski definition) is 1. The van der Waals surface area contributed by atoms with Crippen LogP contribution in [0.15, 0.2) is 53.3 Å². The maximum Gasteiger partial charge on any atom is 0.257 e. The molecule has 0 atom stereocenters. The van der Waals surface area contributed by atoms with E-state index in [0.717, 1.165) is 17.6 Å². The zero-order valence-corrected chi connectivity index (χ0v) is 11.2. The van der Waals surface area contributed by atoms with Crippen molar-refractivity contribution >= 4 is 21.9 Å². The molecule has 2 aromatic carbocycles. The zero-order valence-electron chi connectivity index (χ0n) is 11.2. The Morgan fingerprint density at radius 3 is 2.59 bits per heavy atom. The Hall–Kier alpha value is -3.02. The number of rotatable bonds is 1. The van der Waals surface area contributed by atoms with Gasteiger partial charge in [-0.25, -0.2) is 18.3 Å². The molecule has 0 radical (unpaired) electrons. The minimum Gasteiger partial charge on any atom is -0.323 e. The van der Waals surface area contributed by atoms with Crippen LogP contribution in [0, 0.1) is 11.6 Å². The minimum absolute atomic E-state index is 0.255. The topological polar surface area (TPSA) is 50.7 Å². The number of hydrogen-bond acceptors (Lipinski definition) is 2. The summed E-state index contributed by atoms with van der Waals surface area (Å²) in [6, 6.07) is 12.1. The molecule has 0 aliphatic carbocycles. The second-order valence-corrected chi connectivity index (χ2v) is 4.91. The van der Waals surface area contributed by atoms with Crippen molar-refractivity contribution in [2.45, 2.75) is 0 Å². The third-order valence-corrected chi connectivity index (χ3v) is 3.53. The predicted molar refractivity (Wildman–Crippen MR) is 79.1 cm³/mol. The lowest BCUT2D eigenvalue weighted by Gasteiger charge is -2.07. The number of benzene rings is 2. The van der Waals surface area contributed by atoms with Crippen molar-refractivity contribution in [2.24, 2.45) is 0 Å². The first-order chi connectivity index (χ1) is 10.6. The number of pyridine rings is 1. The average Bonchev–Trinajstić information content (AvgIpc) is 2.92. The molecule has 1 N–H and O–H groups in total. The van der Waals surface area contributed by atoms with E-state index in [2.05, 4.69) is 9.97 Å². The Balaban J connectivity index is 2.10. The van der Waals surface area contributed by atoms with Crippen LogP contribution < -0.4 is 5.56 Å². The van der Waals surface area contributed by atoms with Gasteiger partial charge in [0, 0.05) is 17.5 Å². The molecule has 4 nitrogen and oxygen atoms in total. The number of imidazole rings is 1. The quantitative estimate of drug-likeness (QED) is 0.587. The van der Waals surface area contributed by atoms with E-state index in [1.807, 2.05) is 18.2 Å². The molecule has 4 aromatic rings. The van der Waals surface area contributed by atoms with Gasteiger partial charge in [0.1, 0.15) is 0 Å². The van der Waals surface area contributed by atoms with E-state index < -0.39 is 11.6 Å². The van der Waals surface area contributed by atoms with Crippen LogP contribution in [0.4, 0.5) is 8.78 Å². The molecule has 0 saturated carbocycles. The zero-order chi connectivity index (χ0) is 15.3. The molecule has 2 heterocycles. The summed E-state index contributed by atoms with van der Waals surface area (Å²) in [7, 11) is 0. The van der Waals surface area contributed by atoms with Crippen LogP contribution in [-0.4, -0.2) is 14.5 Å². The van der Waals surface area contributed by atoms with E-state index in [4.69, 9.17) is 0 Å². The summed E-state index contributed by atoms with van der Waals surface area (Å²) in [5, 5.41) is 0.416. The molecule has 0 saturated heterocycles. The van der Waals surface area contributed by atoms with Gasteiger partial charge in [-0.2, -0.15) is 0 Å². The molecule has 4 rings (SSSR count). The van der Waals surface area contributed by atoms with E-state index in [-0.39, 0.29) is 17.0 Å². The molecule has 6 heteroatoms. The molecule has 0 aliphatic rings. The van der Waals surface area contributed by atoms with Crippen molar-refractivity contribution in [1.82, 2.24) is 14.5 Å². The second kappa shape index (κ2) is 4.49. The van der Waals surface area contributed by atoms with Crippen LogP contribution in [0.2, 0.25) is 0 Å². The van der Waals surface area contributed by atoms with Crippen LogP contribution in [0.5, 0.6) is 0 Å². The second-order valence-electron chi connectivity index (χ2n) is 4.91. The van der Waals surface area contributed by atoms with Gasteiger partial charge < -0.3 is 4.98 Å². The lowest BCUT2D eigenvalue weighted by molar-refractivity contribution is 0.510. The fraction of sp³-hybridized carbons (Fsp3) is 0. The van der Waals surface area contributed by atoms with Crippen molar-refractivity contribution in [2.75, 3.05) is 0 Å². The summed E-state index contributed by atoms with van der Waals surface area (Å²) in [5.74, 6) is -1.70. The summed E-state index contributed by atoms with van der Waals surface area (Å²) >= 11 is 0. The molecule has 0 aliphatic heterocycles. The van der Waals surface area contributed by atoms with Gasteiger partial charge in [-0.3, -0.25) is 4.79 Å². The normalized spacial score (nSPS) is 11.4. The standard InChI is InChI=1S/C16H9F2N3O/c17-10-7-9-5-6-15(22)21(14(9)8-11(10)18)16-19-12-3-1-2-4-13(12)20-16/h1-8H,(H,19,20). The van der Waals surface area contributed by atoms with Gasteiger partial charge in [-0.05, 0) is 24.3 Å². The third kappa shape index (κ3) is 1.81. The molecule has 0 fully saturated rings. The monoisotopic (exact) mass is 297 g/mol.